The lowest BCUT2D eigenvalue weighted by molar-refractivity contribution is -0.117. The van der Waals surface area contributed by atoms with Crippen LogP contribution in [0, 0.1) is 11.6 Å². The number of hydrogen-bond donors (Lipinski definition) is 0. The molecule has 0 amide bonds. The van der Waals surface area contributed by atoms with Crippen LogP contribution in [0.5, 0.6) is 0 Å². The van der Waals surface area contributed by atoms with Gasteiger partial charge in [-0.05, 0) is 13.0 Å². The van der Waals surface area contributed by atoms with Crippen LogP contribution in [0.2, 0.25) is 0 Å². The van der Waals surface area contributed by atoms with E-state index >= 15 is 0 Å². The van der Waals surface area contributed by atoms with Crippen molar-refractivity contribution >= 4 is 16.7 Å². The summed E-state index contributed by atoms with van der Waals surface area (Å²) in [7, 11) is 1.21. The van der Waals surface area contributed by atoms with E-state index in [4.69, 9.17) is 0 Å². The van der Waals surface area contributed by atoms with Crippen LogP contribution in [-0.4, -0.2) is 14.9 Å². The second-order valence-corrected chi connectivity index (χ2v) is 4.22. The van der Waals surface area contributed by atoms with Crippen molar-refractivity contribution in [1.82, 2.24) is 9.13 Å². The molecule has 0 aliphatic heterocycles. The minimum Gasteiger partial charge on any atom is -0.298 e. The summed E-state index contributed by atoms with van der Waals surface area (Å²) in [5.74, 6) is -2.71. The van der Waals surface area contributed by atoms with Crippen molar-refractivity contribution in [3.8, 4) is 0 Å². The van der Waals surface area contributed by atoms with Gasteiger partial charge in [-0.2, -0.15) is 0 Å². The molecule has 1 aromatic heterocycles. The molecule has 0 fully saturated rings. The van der Waals surface area contributed by atoms with Crippen LogP contribution >= 0.6 is 0 Å². The summed E-state index contributed by atoms with van der Waals surface area (Å²) in [6.07, 6.45) is 0. The van der Waals surface area contributed by atoms with Crippen molar-refractivity contribution < 1.29 is 13.6 Å². The molecule has 19 heavy (non-hydrogen) atoms. The van der Waals surface area contributed by atoms with Crippen LogP contribution in [0.3, 0.4) is 0 Å². The Hall–Kier alpha value is -2.31. The number of rotatable bonds is 2. The second kappa shape index (κ2) is 4.42. The van der Waals surface area contributed by atoms with Gasteiger partial charge in [0.15, 0.2) is 11.6 Å². The van der Waals surface area contributed by atoms with Crippen molar-refractivity contribution in [2.45, 2.75) is 13.5 Å². The zero-order valence-electron chi connectivity index (χ0n) is 10.2. The molecule has 0 atom stereocenters. The van der Waals surface area contributed by atoms with Crippen molar-refractivity contribution in [3.05, 3.63) is 44.6 Å². The highest BCUT2D eigenvalue weighted by molar-refractivity contribution is 5.81. The lowest BCUT2D eigenvalue weighted by Gasteiger charge is -2.10. The highest BCUT2D eigenvalue weighted by atomic mass is 19.2. The number of benzene rings is 1. The van der Waals surface area contributed by atoms with Crippen LogP contribution in [0.4, 0.5) is 8.78 Å². The minimum atomic E-state index is -1.18. The van der Waals surface area contributed by atoms with E-state index in [1.54, 1.807) is 0 Å². The molecule has 0 bridgehead atoms. The molecular weight excluding hydrogens is 258 g/mol. The zero-order chi connectivity index (χ0) is 14.3. The van der Waals surface area contributed by atoms with E-state index < -0.39 is 22.9 Å². The summed E-state index contributed by atoms with van der Waals surface area (Å²) in [5.41, 5.74) is -1.58. The van der Waals surface area contributed by atoms with Crippen LogP contribution in [0.25, 0.3) is 10.9 Å². The van der Waals surface area contributed by atoms with Gasteiger partial charge in [0.05, 0.1) is 17.4 Å². The van der Waals surface area contributed by atoms with Gasteiger partial charge in [0.2, 0.25) is 0 Å². The fourth-order valence-electron chi connectivity index (χ4n) is 1.86. The van der Waals surface area contributed by atoms with Crippen molar-refractivity contribution in [3.63, 3.8) is 0 Å². The highest BCUT2D eigenvalue weighted by Crippen LogP contribution is 2.14. The normalized spacial score (nSPS) is 10.9. The first-order valence-corrected chi connectivity index (χ1v) is 5.41. The van der Waals surface area contributed by atoms with Gasteiger partial charge in [0.25, 0.3) is 5.56 Å². The maximum atomic E-state index is 13.2. The Morgan fingerprint density at radius 2 is 1.79 bits per heavy atom. The van der Waals surface area contributed by atoms with Gasteiger partial charge in [-0.3, -0.25) is 18.7 Å². The molecule has 1 heterocycles. The first-order valence-electron chi connectivity index (χ1n) is 5.41. The summed E-state index contributed by atoms with van der Waals surface area (Å²) in [6.45, 7) is 0.942. The van der Waals surface area contributed by atoms with E-state index in [1.807, 2.05) is 0 Å². The Kier molecular flexibility index (Phi) is 3.05. The molecule has 0 saturated carbocycles. The van der Waals surface area contributed by atoms with E-state index in [2.05, 4.69) is 0 Å². The van der Waals surface area contributed by atoms with E-state index in [1.165, 1.54) is 14.0 Å². The van der Waals surface area contributed by atoms with Crippen LogP contribution in [-0.2, 0) is 18.4 Å². The standard InChI is InChI=1S/C12H10F2N2O3/c1-6(17)5-16-10-4-9(14)8(13)3-7(10)11(18)15(2)12(16)19/h3-4H,5H2,1-2H3. The van der Waals surface area contributed by atoms with Gasteiger partial charge in [-0.15, -0.1) is 0 Å². The molecule has 5 nitrogen and oxygen atoms in total. The Morgan fingerprint density at radius 3 is 2.37 bits per heavy atom. The number of nitrogens with zero attached hydrogens (tertiary/aromatic N) is 2. The smallest absolute Gasteiger partial charge is 0.298 e. The average molecular weight is 268 g/mol. The zero-order valence-corrected chi connectivity index (χ0v) is 10.2. The molecule has 0 aliphatic rings. The predicted octanol–water partition coefficient (Wildman–Crippen LogP) is 0.567. The monoisotopic (exact) mass is 268 g/mol. The third-order valence-electron chi connectivity index (χ3n) is 2.76. The number of aromatic nitrogens is 2. The summed E-state index contributed by atoms with van der Waals surface area (Å²) in [4.78, 5) is 34.9. The average Bonchev–Trinajstić information content (AvgIpc) is 2.34. The predicted molar refractivity (Wildman–Crippen MR) is 64.0 cm³/mol. The largest absolute Gasteiger partial charge is 0.331 e. The summed E-state index contributed by atoms with van der Waals surface area (Å²) in [6, 6.07) is 1.47. The highest BCUT2D eigenvalue weighted by Gasteiger charge is 2.15. The van der Waals surface area contributed by atoms with Gasteiger partial charge in [-0.25, -0.2) is 13.6 Å². The molecule has 0 radical (unpaired) electrons. The summed E-state index contributed by atoms with van der Waals surface area (Å²) >= 11 is 0. The first kappa shape index (κ1) is 13.1. The van der Waals surface area contributed by atoms with Gasteiger partial charge in [0.1, 0.15) is 5.78 Å². The third-order valence-corrected chi connectivity index (χ3v) is 2.76. The number of hydrogen-bond acceptors (Lipinski definition) is 3. The number of Topliss-reactive ketones (excluding diaryl/α,β-unsaturated/α-hetero) is 1. The fourth-order valence-corrected chi connectivity index (χ4v) is 1.86. The minimum absolute atomic E-state index is 0.0952. The number of fused-ring (bicyclic) bond motifs is 1. The van der Waals surface area contributed by atoms with Gasteiger partial charge in [0, 0.05) is 13.1 Å². The number of carbonyl (C=O) groups is 1. The van der Waals surface area contributed by atoms with Gasteiger partial charge in [-0.1, -0.05) is 0 Å². The SMILES string of the molecule is CC(=O)Cn1c(=O)n(C)c(=O)c2cc(F)c(F)cc21. The molecule has 2 rings (SSSR count). The Labute approximate surface area is 105 Å². The van der Waals surface area contributed by atoms with Crippen LogP contribution in [0.1, 0.15) is 6.92 Å². The molecule has 0 spiro atoms. The number of ketones is 1. The fraction of sp³-hybridized carbons (Fsp3) is 0.250. The lowest BCUT2D eigenvalue weighted by Crippen LogP contribution is -2.39. The van der Waals surface area contributed by atoms with E-state index in [-0.39, 0.29) is 23.2 Å². The van der Waals surface area contributed by atoms with E-state index in [0.29, 0.717) is 0 Å². The van der Waals surface area contributed by atoms with Crippen molar-refractivity contribution in [1.29, 1.82) is 0 Å². The van der Waals surface area contributed by atoms with Crippen molar-refractivity contribution in [2.75, 3.05) is 0 Å². The first-order chi connectivity index (χ1) is 8.82. The molecule has 1 aromatic carbocycles. The van der Waals surface area contributed by atoms with E-state index in [0.717, 1.165) is 21.3 Å². The molecule has 7 heteroatoms. The Morgan fingerprint density at radius 1 is 1.21 bits per heavy atom. The summed E-state index contributed by atoms with van der Waals surface area (Å²) < 4.78 is 28.1. The molecule has 0 saturated heterocycles. The molecule has 0 N–H and O–H groups in total. The maximum Gasteiger partial charge on any atom is 0.331 e. The van der Waals surface area contributed by atoms with Gasteiger partial charge < -0.3 is 0 Å². The molecule has 100 valence electrons. The second-order valence-electron chi connectivity index (χ2n) is 4.22. The van der Waals surface area contributed by atoms with E-state index in [9.17, 15) is 23.2 Å². The Balaban J connectivity index is 3.01. The molecule has 2 aromatic rings. The lowest BCUT2D eigenvalue weighted by atomic mass is 10.2. The van der Waals surface area contributed by atoms with Crippen molar-refractivity contribution in [2.24, 2.45) is 7.05 Å². The Bertz CT molecular complexity index is 805. The topological polar surface area (TPSA) is 61.1 Å². The summed E-state index contributed by atoms with van der Waals surface area (Å²) in [5, 5.41) is -0.151. The van der Waals surface area contributed by atoms with Crippen LogP contribution in [0.15, 0.2) is 21.7 Å². The quantitative estimate of drug-likeness (QED) is 0.800. The molecule has 0 aliphatic carbocycles. The number of halogens is 2. The molecule has 0 unspecified atom stereocenters. The van der Waals surface area contributed by atoms with Gasteiger partial charge >= 0.3 is 5.69 Å². The van der Waals surface area contributed by atoms with Crippen LogP contribution < -0.4 is 11.2 Å². The maximum absolute atomic E-state index is 13.2. The molecular formula is C12H10F2N2O3. The third kappa shape index (κ3) is 2.07. The number of carbonyl (C=O) groups excluding carboxylic acids is 1.